The van der Waals surface area contributed by atoms with Crippen LogP contribution in [0.5, 0.6) is 0 Å². The summed E-state index contributed by atoms with van der Waals surface area (Å²) < 4.78 is 47.0. The third-order valence-corrected chi connectivity index (χ3v) is 3.03. The molecule has 0 heterocycles. The van der Waals surface area contributed by atoms with Crippen LogP contribution in [0.25, 0.3) is 0 Å². The number of carbonyl (C=O) groups is 1. The number of carboxylic acids is 1. The molecule has 0 unspecified atom stereocenters. The summed E-state index contributed by atoms with van der Waals surface area (Å²) in [7, 11) is -3.61. The van der Waals surface area contributed by atoms with Gasteiger partial charge in [-0.05, 0) is 12.1 Å². The van der Waals surface area contributed by atoms with Crippen LogP contribution >= 0.6 is 0 Å². The molecular formula is C9H8F2O4S. The molecule has 4 nitrogen and oxygen atoms in total. The number of rotatable bonds is 3. The first-order valence-corrected chi connectivity index (χ1v) is 5.98. The van der Waals surface area contributed by atoms with Gasteiger partial charge in [0.1, 0.15) is 0 Å². The van der Waals surface area contributed by atoms with Crippen molar-refractivity contribution in [1.29, 1.82) is 0 Å². The van der Waals surface area contributed by atoms with Crippen molar-refractivity contribution in [2.24, 2.45) is 0 Å². The smallest absolute Gasteiger partial charge is 0.336 e. The highest BCUT2D eigenvalue weighted by atomic mass is 32.2. The van der Waals surface area contributed by atoms with Gasteiger partial charge in [-0.15, -0.1) is 0 Å². The van der Waals surface area contributed by atoms with Gasteiger partial charge >= 0.3 is 5.97 Å². The summed E-state index contributed by atoms with van der Waals surface area (Å²) >= 11 is 0. The Kier molecular flexibility index (Phi) is 3.27. The molecule has 88 valence electrons. The maximum absolute atomic E-state index is 12.4. The van der Waals surface area contributed by atoms with E-state index in [0.29, 0.717) is 0 Å². The Morgan fingerprint density at radius 2 is 1.94 bits per heavy atom. The second-order valence-electron chi connectivity index (χ2n) is 3.13. The number of halogens is 2. The molecule has 0 aliphatic carbocycles. The van der Waals surface area contributed by atoms with Gasteiger partial charge in [-0.3, -0.25) is 0 Å². The first-order valence-electron chi connectivity index (χ1n) is 4.09. The summed E-state index contributed by atoms with van der Waals surface area (Å²) in [5.74, 6) is -1.58. The summed E-state index contributed by atoms with van der Waals surface area (Å²) in [5.41, 5.74) is -1.39. The molecule has 0 spiro atoms. The van der Waals surface area contributed by atoms with Crippen molar-refractivity contribution < 1.29 is 27.1 Å². The summed E-state index contributed by atoms with van der Waals surface area (Å²) in [6.45, 7) is 0. The highest BCUT2D eigenvalue weighted by Gasteiger charge is 2.20. The van der Waals surface area contributed by atoms with Gasteiger partial charge in [0, 0.05) is 11.8 Å². The Labute approximate surface area is 90.4 Å². The van der Waals surface area contributed by atoms with E-state index >= 15 is 0 Å². The van der Waals surface area contributed by atoms with Gasteiger partial charge in [0.25, 0.3) is 6.43 Å². The van der Waals surface area contributed by atoms with Gasteiger partial charge < -0.3 is 5.11 Å². The van der Waals surface area contributed by atoms with Crippen molar-refractivity contribution >= 4 is 15.8 Å². The van der Waals surface area contributed by atoms with E-state index in [9.17, 15) is 22.0 Å². The molecule has 1 aromatic carbocycles. The van der Waals surface area contributed by atoms with E-state index in [-0.39, 0.29) is 4.90 Å². The van der Waals surface area contributed by atoms with Crippen molar-refractivity contribution in [3.8, 4) is 0 Å². The third-order valence-electron chi connectivity index (χ3n) is 1.92. The van der Waals surface area contributed by atoms with Gasteiger partial charge in [-0.2, -0.15) is 0 Å². The Balaban J connectivity index is 3.46. The number of sulfone groups is 1. The molecule has 16 heavy (non-hydrogen) atoms. The van der Waals surface area contributed by atoms with Crippen molar-refractivity contribution in [3.63, 3.8) is 0 Å². The number of alkyl halides is 2. The molecule has 1 rings (SSSR count). The maximum atomic E-state index is 12.4. The number of hydrogen-bond donors (Lipinski definition) is 1. The predicted octanol–water partition coefficient (Wildman–Crippen LogP) is 1.73. The van der Waals surface area contributed by atoms with Crippen molar-refractivity contribution in [3.05, 3.63) is 29.3 Å². The summed E-state index contributed by atoms with van der Waals surface area (Å²) in [4.78, 5) is 10.4. The first kappa shape index (κ1) is 12.6. The van der Waals surface area contributed by atoms with Gasteiger partial charge in [-0.25, -0.2) is 22.0 Å². The summed E-state index contributed by atoms with van der Waals surface area (Å²) in [6.07, 6.45) is -2.09. The highest BCUT2D eigenvalue weighted by molar-refractivity contribution is 7.90. The lowest BCUT2D eigenvalue weighted by molar-refractivity contribution is 0.0684. The molecule has 0 aromatic heterocycles. The van der Waals surface area contributed by atoms with E-state index in [0.717, 1.165) is 24.5 Å². The van der Waals surface area contributed by atoms with Crippen molar-refractivity contribution in [1.82, 2.24) is 0 Å². The first-order chi connectivity index (χ1) is 7.23. The van der Waals surface area contributed by atoms with E-state index in [2.05, 4.69) is 0 Å². The Bertz CT molecular complexity index is 522. The highest BCUT2D eigenvalue weighted by Crippen LogP contribution is 2.25. The van der Waals surface area contributed by atoms with Crippen LogP contribution in [-0.2, 0) is 9.84 Å². The molecule has 1 N–H and O–H groups in total. The number of carboxylic acid groups (broad SMARTS) is 1. The van der Waals surface area contributed by atoms with Gasteiger partial charge in [0.2, 0.25) is 0 Å². The minimum Gasteiger partial charge on any atom is -0.478 e. The molecule has 0 bridgehead atoms. The van der Waals surface area contributed by atoms with E-state index in [1.165, 1.54) is 0 Å². The Hall–Kier alpha value is -1.50. The fraction of sp³-hybridized carbons (Fsp3) is 0.222. The molecule has 0 saturated heterocycles. The number of aromatic carboxylic acids is 1. The monoisotopic (exact) mass is 250 g/mol. The number of hydrogen-bond acceptors (Lipinski definition) is 3. The van der Waals surface area contributed by atoms with Gasteiger partial charge in [-0.1, -0.05) is 6.07 Å². The molecule has 0 radical (unpaired) electrons. The van der Waals surface area contributed by atoms with Gasteiger partial charge in [0.15, 0.2) is 9.84 Å². The van der Waals surface area contributed by atoms with Crippen LogP contribution in [0.15, 0.2) is 23.1 Å². The molecule has 1 aromatic rings. The minimum absolute atomic E-state index is 0.297. The quantitative estimate of drug-likeness (QED) is 0.886. The molecule has 0 saturated carbocycles. The van der Waals surface area contributed by atoms with Crippen LogP contribution in [-0.4, -0.2) is 25.7 Å². The molecule has 0 atom stereocenters. The van der Waals surface area contributed by atoms with Crippen LogP contribution < -0.4 is 0 Å². The molecule has 0 amide bonds. The zero-order chi connectivity index (χ0) is 12.5. The number of benzene rings is 1. The fourth-order valence-electron chi connectivity index (χ4n) is 1.14. The SMILES string of the molecule is CS(=O)(=O)c1ccc(C(F)F)c(C(=O)O)c1. The predicted molar refractivity (Wildman–Crippen MR) is 51.5 cm³/mol. The van der Waals surface area contributed by atoms with Crippen LogP contribution in [0.2, 0.25) is 0 Å². The Morgan fingerprint density at radius 3 is 2.31 bits per heavy atom. The van der Waals surface area contributed by atoms with Crippen LogP contribution in [0, 0.1) is 0 Å². The lowest BCUT2D eigenvalue weighted by atomic mass is 10.1. The second-order valence-corrected chi connectivity index (χ2v) is 5.14. The van der Waals surface area contributed by atoms with E-state index in [1.807, 2.05) is 0 Å². The lowest BCUT2D eigenvalue weighted by Crippen LogP contribution is -2.06. The summed E-state index contributed by atoms with van der Waals surface area (Å²) in [5, 5.41) is 8.68. The third kappa shape index (κ3) is 2.54. The fourth-order valence-corrected chi connectivity index (χ4v) is 1.79. The van der Waals surface area contributed by atoms with E-state index in [4.69, 9.17) is 5.11 Å². The largest absolute Gasteiger partial charge is 0.478 e. The molecule has 0 aliphatic rings. The van der Waals surface area contributed by atoms with Crippen molar-refractivity contribution in [2.45, 2.75) is 11.3 Å². The standard InChI is InChI=1S/C9H8F2O4S/c1-16(14,15)5-2-3-6(8(10)11)7(4-5)9(12)13/h2-4,8H,1H3,(H,12,13). The zero-order valence-corrected chi connectivity index (χ0v) is 8.96. The maximum Gasteiger partial charge on any atom is 0.336 e. The van der Waals surface area contributed by atoms with Crippen LogP contribution in [0.1, 0.15) is 22.3 Å². The zero-order valence-electron chi connectivity index (χ0n) is 8.15. The van der Waals surface area contributed by atoms with Crippen LogP contribution in [0.4, 0.5) is 8.78 Å². The summed E-state index contributed by atoms with van der Waals surface area (Å²) in [6, 6.07) is 2.51. The van der Waals surface area contributed by atoms with Crippen molar-refractivity contribution in [2.75, 3.05) is 6.26 Å². The average molecular weight is 250 g/mol. The molecule has 0 fully saturated rings. The molecule has 7 heteroatoms. The van der Waals surface area contributed by atoms with E-state index < -0.39 is 33.4 Å². The topological polar surface area (TPSA) is 71.4 Å². The van der Waals surface area contributed by atoms with Crippen LogP contribution in [0.3, 0.4) is 0 Å². The molecular weight excluding hydrogens is 242 g/mol. The second kappa shape index (κ2) is 4.17. The van der Waals surface area contributed by atoms with Gasteiger partial charge in [0.05, 0.1) is 10.5 Å². The molecule has 0 aliphatic heterocycles. The van der Waals surface area contributed by atoms with E-state index in [1.54, 1.807) is 0 Å². The average Bonchev–Trinajstić information content (AvgIpc) is 2.15. The minimum atomic E-state index is -3.61. The normalized spacial score (nSPS) is 11.8. The Morgan fingerprint density at radius 1 is 1.38 bits per heavy atom. The lowest BCUT2D eigenvalue weighted by Gasteiger charge is -2.06.